The zero-order valence-electron chi connectivity index (χ0n) is 18.8. The highest BCUT2D eigenvalue weighted by atomic mass is 32.2. The minimum Gasteiger partial charge on any atom is -0.457 e. The average molecular weight is 496 g/mol. The molecular weight excluding hydrogens is 470 g/mol. The van der Waals surface area contributed by atoms with Gasteiger partial charge in [0, 0.05) is 11.3 Å². The molecule has 0 spiro atoms. The fourth-order valence-electron chi connectivity index (χ4n) is 3.52. The highest BCUT2D eigenvalue weighted by molar-refractivity contribution is 7.98. The van der Waals surface area contributed by atoms with Crippen molar-refractivity contribution in [3.05, 3.63) is 83.9 Å². The van der Waals surface area contributed by atoms with Crippen molar-refractivity contribution in [2.75, 3.05) is 17.3 Å². The number of benzene rings is 3. The van der Waals surface area contributed by atoms with E-state index in [-0.39, 0.29) is 16.6 Å². The normalized spacial score (nSPS) is 15.9. The summed E-state index contributed by atoms with van der Waals surface area (Å²) < 4.78 is 33.1. The lowest BCUT2D eigenvalue weighted by atomic mass is 10.1. The number of thioether (sulfide) groups is 1. The maximum atomic E-state index is 13.1. The molecule has 1 atom stereocenters. The molecule has 0 fully saturated rings. The molecule has 0 saturated heterocycles. The first kappa shape index (κ1) is 23.8. The van der Waals surface area contributed by atoms with Crippen LogP contribution in [0.25, 0.3) is 0 Å². The van der Waals surface area contributed by atoms with Gasteiger partial charge in [-0.05, 0) is 79.4 Å². The number of amidine groups is 1. The molecule has 1 unspecified atom stereocenters. The Hall–Kier alpha value is -3.30. The van der Waals surface area contributed by atoms with Crippen molar-refractivity contribution >= 4 is 39.2 Å². The Kier molecular flexibility index (Phi) is 7.23. The predicted molar refractivity (Wildman–Crippen MR) is 136 cm³/mol. The summed E-state index contributed by atoms with van der Waals surface area (Å²) in [5.41, 5.74) is 2.18. The number of nitrogens with zero attached hydrogens (tertiary/aromatic N) is 1. The second kappa shape index (κ2) is 10.3. The Balaban J connectivity index is 1.50. The fraction of sp³-hybridized carbons (Fsp3) is 0.200. The second-order valence-electron chi connectivity index (χ2n) is 7.81. The number of hydrogen-bond acceptors (Lipinski definition) is 6. The lowest BCUT2D eigenvalue weighted by Crippen LogP contribution is -2.31. The molecule has 0 bridgehead atoms. The number of sulfonamides is 1. The van der Waals surface area contributed by atoms with E-state index < -0.39 is 16.1 Å². The number of fused-ring (bicyclic) bond motifs is 1. The van der Waals surface area contributed by atoms with Crippen LogP contribution in [-0.2, 0) is 14.8 Å². The van der Waals surface area contributed by atoms with Crippen LogP contribution >= 0.6 is 11.8 Å². The van der Waals surface area contributed by atoms with Gasteiger partial charge in [-0.15, -0.1) is 0 Å². The quantitative estimate of drug-likeness (QED) is 0.477. The second-order valence-corrected chi connectivity index (χ2v) is 10.4. The molecule has 3 aromatic carbocycles. The standard InChI is InChI=1S/C25H25N3O4S2/c1-17-6-5-7-20(16-17)32-19-12-10-18(11-13-19)26-25(29)22(14-15-33-2)27-24-21-8-3-4-9-23(21)34(30,31)28-24/h3-13,16,22H,14-15H2,1-2H3,(H,26,29)(H,27,28). The first-order chi connectivity index (χ1) is 16.4. The van der Waals surface area contributed by atoms with E-state index in [4.69, 9.17) is 4.74 Å². The molecule has 3 aromatic rings. The minimum absolute atomic E-state index is 0.168. The van der Waals surface area contributed by atoms with E-state index in [0.717, 1.165) is 11.3 Å². The van der Waals surface area contributed by atoms with Crippen LogP contribution < -0.4 is 14.8 Å². The van der Waals surface area contributed by atoms with Gasteiger partial charge in [0.15, 0.2) is 0 Å². The van der Waals surface area contributed by atoms with Crippen molar-refractivity contribution in [3.63, 3.8) is 0 Å². The molecule has 176 valence electrons. The van der Waals surface area contributed by atoms with Gasteiger partial charge in [-0.1, -0.05) is 24.3 Å². The number of anilines is 1. The Morgan fingerprint density at radius 2 is 1.82 bits per heavy atom. The van der Waals surface area contributed by atoms with E-state index in [1.807, 2.05) is 37.4 Å². The zero-order chi connectivity index (χ0) is 24.1. The van der Waals surface area contributed by atoms with Crippen LogP contribution in [-0.4, -0.2) is 38.2 Å². The zero-order valence-corrected chi connectivity index (χ0v) is 20.4. The van der Waals surface area contributed by atoms with Gasteiger partial charge in [-0.3, -0.25) is 14.5 Å². The number of amides is 1. The summed E-state index contributed by atoms with van der Waals surface area (Å²) in [5.74, 6) is 1.98. The maximum absolute atomic E-state index is 13.1. The molecule has 7 nitrogen and oxygen atoms in total. The van der Waals surface area contributed by atoms with E-state index in [1.165, 1.54) is 6.07 Å². The van der Waals surface area contributed by atoms with Gasteiger partial charge in [-0.2, -0.15) is 11.8 Å². The van der Waals surface area contributed by atoms with Crippen LogP contribution in [0.3, 0.4) is 0 Å². The van der Waals surface area contributed by atoms with Crippen LogP contribution in [0.2, 0.25) is 0 Å². The van der Waals surface area contributed by atoms with Crippen molar-refractivity contribution in [1.82, 2.24) is 4.72 Å². The van der Waals surface area contributed by atoms with Crippen molar-refractivity contribution in [3.8, 4) is 11.5 Å². The number of carbonyl (C=O) groups is 1. The first-order valence-electron chi connectivity index (χ1n) is 10.7. The highest BCUT2D eigenvalue weighted by Gasteiger charge is 2.31. The molecule has 4 rings (SSSR count). The summed E-state index contributed by atoms with van der Waals surface area (Å²) in [6, 6.07) is 20.7. The Bertz CT molecular complexity index is 1320. The molecule has 0 saturated carbocycles. The number of aryl methyl sites for hydroxylation is 1. The molecule has 1 aliphatic heterocycles. The number of aliphatic imine (C=N–C) groups is 1. The molecule has 9 heteroatoms. The smallest absolute Gasteiger partial charge is 0.263 e. The van der Waals surface area contributed by atoms with E-state index in [0.29, 0.717) is 29.2 Å². The van der Waals surface area contributed by atoms with Gasteiger partial charge in [0.05, 0.1) is 4.90 Å². The Labute approximate surface area is 203 Å². The monoisotopic (exact) mass is 495 g/mol. The average Bonchev–Trinajstić information content (AvgIpc) is 3.08. The molecule has 1 amide bonds. The predicted octanol–water partition coefficient (Wildman–Crippen LogP) is 4.59. The van der Waals surface area contributed by atoms with E-state index >= 15 is 0 Å². The molecule has 0 aromatic heterocycles. The van der Waals surface area contributed by atoms with Gasteiger partial charge in [0.1, 0.15) is 23.4 Å². The Morgan fingerprint density at radius 3 is 2.56 bits per heavy atom. The SMILES string of the molecule is CSCCC(N=C1NS(=O)(=O)c2ccccc21)C(=O)Nc1ccc(Oc2cccc(C)c2)cc1. The number of carbonyl (C=O) groups excluding carboxylic acids is 1. The lowest BCUT2D eigenvalue weighted by Gasteiger charge is -2.14. The number of nitrogens with one attached hydrogen (secondary N) is 2. The lowest BCUT2D eigenvalue weighted by molar-refractivity contribution is -0.117. The first-order valence-corrected chi connectivity index (χ1v) is 13.6. The van der Waals surface area contributed by atoms with Gasteiger partial charge in [0.25, 0.3) is 10.0 Å². The van der Waals surface area contributed by atoms with Gasteiger partial charge in [-0.25, -0.2) is 8.42 Å². The summed E-state index contributed by atoms with van der Waals surface area (Å²) in [6.07, 6.45) is 2.41. The number of ether oxygens (including phenoxy) is 1. The van der Waals surface area contributed by atoms with Crippen LogP contribution in [0.5, 0.6) is 11.5 Å². The summed E-state index contributed by atoms with van der Waals surface area (Å²) in [7, 11) is -3.67. The molecule has 34 heavy (non-hydrogen) atoms. The van der Waals surface area contributed by atoms with E-state index in [9.17, 15) is 13.2 Å². The van der Waals surface area contributed by atoms with E-state index in [2.05, 4.69) is 15.0 Å². The third-order valence-electron chi connectivity index (χ3n) is 5.19. The van der Waals surface area contributed by atoms with Crippen LogP contribution in [0, 0.1) is 6.92 Å². The number of rotatable bonds is 8. The summed E-state index contributed by atoms with van der Waals surface area (Å²) >= 11 is 1.60. The molecule has 1 aliphatic rings. The van der Waals surface area contributed by atoms with E-state index in [1.54, 1.807) is 54.2 Å². The van der Waals surface area contributed by atoms with Crippen LogP contribution in [0.1, 0.15) is 17.5 Å². The van der Waals surface area contributed by atoms with Crippen LogP contribution in [0.15, 0.2) is 82.7 Å². The summed E-state index contributed by atoms with van der Waals surface area (Å²) in [4.78, 5) is 17.7. The topological polar surface area (TPSA) is 96.9 Å². The molecule has 2 N–H and O–H groups in total. The third kappa shape index (κ3) is 5.60. The third-order valence-corrected chi connectivity index (χ3v) is 7.23. The molecular formula is C25H25N3O4S2. The van der Waals surface area contributed by atoms with Gasteiger partial charge < -0.3 is 10.1 Å². The maximum Gasteiger partial charge on any atom is 0.263 e. The van der Waals surface area contributed by atoms with Crippen molar-refractivity contribution in [2.45, 2.75) is 24.3 Å². The summed E-state index contributed by atoms with van der Waals surface area (Å²) in [5, 5.41) is 2.88. The minimum atomic E-state index is -3.67. The molecule has 0 aliphatic carbocycles. The van der Waals surface area contributed by atoms with Gasteiger partial charge >= 0.3 is 0 Å². The molecule has 0 radical (unpaired) electrons. The van der Waals surface area contributed by atoms with Crippen molar-refractivity contribution in [2.24, 2.45) is 4.99 Å². The fourth-order valence-corrected chi connectivity index (χ4v) is 5.21. The Morgan fingerprint density at radius 1 is 1.06 bits per heavy atom. The van der Waals surface area contributed by atoms with Gasteiger partial charge in [0.2, 0.25) is 5.91 Å². The van der Waals surface area contributed by atoms with Crippen LogP contribution in [0.4, 0.5) is 5.69 Å². The number of hydrogen-bond donors (Lipinski definition) is 2. The molecule has 1 heterocycles. The van der Waals surface area contributed by atoms with Crippen molar-refractivity contribution < 1.29 is 17.9 Å². The summed E-state index contributed by atoms with van der Waals surface area (Å²) in [6.45, 7) is 2.00. The largest absolute Gasteiger partial charge is 0.457 e. The highest BCUT2D eigenvalue weighted by Crippen LogP contribution is 2.25. The van der Waals surface area contributed by atoms with Crippen molar-refractivity contribution in [1.29, 1.82) is 0 Å².